The molecule has 0 heterocycles. The molecule has 4 fully saturated rings. The van der Waals surface area contributed by atoms with Crippen molar-refractivity contribution in [2.75, 3.05) is 7.11 Å². The third kappa shape index (κ3) is 5.95. The van der Waals surface area contributed by atoms with E-state index in [0.29, 0.717) is 22.4 Å². The number of carbonyl (C=O) groups is 1. The van der Waals surface area contributed by atoms with Crippen LogP contribution >= 0.6 is 34.2 Å². The van der Waals surface area contributed by atoms with E-state index in [0.717, 1.165) is 67.8 Å². The van der Waals surface area contributed by atoms with Crippen LogP contribution in [0.25, 0.3) is 0 Å². The van der Waals surface area contributed by atoms with Gasteiger partial charge in [0.25, 0.3) is 0 Å². The molecule has 0 radical (unpaired) electrons. The Hall–Kier alpha value is -0.410. The number of halogens is 2. The number of rotatable bonds is 8. The van der Waals surface area contributed by atoms with Gasteiger partial charge in [-0.3, -0.25) is 0 Å². The molecule has 5 nitrogen and oxygen atoms in total. The zero-order chi connectivity index (χ0) is 33.4. The molecule has 4 aliphatic rings. The molecule has 1 aromatic rings. The maximum Gasteiger partial charge on any atom is 0.339 e. The van der Waals surface area contributed by atoms with Crippen molar-refractivity contribution >= 4 is 40.2 Å². The van der Waals surface area contributed by atoms with Crippen molar-refractivity contribution in [2.45, 2.75) is 143 Å². The van der Waals surface area contributed by atoms with E-state index in [1.165, 1.54) is 0 Å². The van der Waals surface area contributed by atoms with Crippen LogP contribution < -0.4 is 0 Å². The highest BCUT2D eigenvalue weighted by Crippen LogP contribution is 2.76. The lowest BCUT2D eigenvalue weighted by molar-refractivity contribution is -0.246. The molecule has 45 heavy (non-hydrogen) atoms. The molecule has 7 heteroatoms. The van der Waals surface area contributed by atoms with E-state index < -0.39 is 11.7 Å². The molecule has 2 N–H and O–H groups in total. The van der Waals surface area contributed by atoms with Crippen molar-refractivity contribution in [3.05, 3.63) is 32.4 Å². The summed E-state index contributed by atoms with van der Waals surface area (Å²) < 4.78 is 12.9. The second kappa shape index (κ2) is 12.2. The molecule has 254 valence electrons. The summed E-state index contributed by atoms with van der Waals surface area (Å²) in [5.41, 5.74) is -0.733. The van der Waals surface area contributed by atoms with Gasteiger partial charge in [-0.2, -0.15) is 0 Å². The minimum Gasteiger partial charge on any atom is -0.458 e. The number of ether oxygens (including phenoxy) is 2. The largest absolute Gasteiger partial charge is 0.458 e. The fourth-order valence-corrected chi connectivity index (χ4v) is 12.3. The van der Waals surface area contributed by atoms with E-state index >= 15 is 0 Å². The Bertz CT molecular complexity index is 1280. The maximum atomic E-state index is 13.4. The van der Waals surface area contributed by atoms with E-state index in [4.69, 9.17) is 21.1 Å². The molecule has 5 rings (SSSR count). The van der Waals surface area contributed by atoms with Gasteiger partial charge in [0.1, 0.15) is 6.10 Å². The number of aliphatic hydroxyl groups is 2. The molecule has 0 unspecified atom stereocenters. The summed E-state index contributed by atoms with van der Waals surface area (Å²) in [6.45, 7) is 18.3. The molecule has 0 amide bonds. The summed E-state index contributed by atoms with van der Waals surface area (Å²) in [6.07, 6.45) is 8.68. The minimum atomic E-state index is -0.818. The summed E-state index contributed by atoms with van der Waals surface area (Å²) in [7, 11) is 1.76. The van der Waals surface area contributed by atoms with Crippen LogP contribution in [0.1, 0.15) is 130 Å². The zero-order valence-corrected chi connectivity index (χ0v) is 32.1. The normalized spacial score (nSPS) is 40.6. The summed E-state index contributed by atoms with van der Waals surface area (Å²) in [5.74, 6) is 0.586. The van der Waals surface area contributed by atoms with Gasteiger partial charge in [-0.15, -0.1) is 0 Å². The highest BCUT2D eigenvalue weighted by Gasteiger charge is 2.71. The van der Waals surface area contributed by atoms with Crippen molar-refractivity contribution < 1.29 is 24.5 Å². The van der Waals surface area contributed by atoms with E-state index in [9.17, 15) is 15.0 Å². The third-order valence-electron chi connectivity index (χ3n) is 14.5. The minimum absolute atomic E-state index is 0.0283. The number of fused-ring (bicyclic) bond motifs is 5. The van der Waals surface area contributed by atoms with Crippen LogP contribution in [0, 0.1) is 48.9 Å². The van der Waals surface area contributed by atoms with Crippen molar-refractivity contribution in [1.82, 2.24) is 0 Å². The Morgan fingerprint density at radius 3 is 2.33 bits per heavy atom. The van der Waals surface area contributed by atoms with Gasteiger partial charge >= 0.3 is 5.97 Å². The lowest BCUT2D eigenvalue weighted by Gasteiger charge is -2.70. The second-order valence-corrected chi connectivity index (χ2v) is 19.2. The van der Waals surface area contributed by atoms with Gasteiger partial charge in [-0.1, -0.05) is 46.2 Å². The van der Waals surface area contributed by atoms with Crippen LogP contribution in [0.5, 0.6) is 0 Å². The summed E-state index contributed by atoms with van der Waals surface area (Å²) >= 11 is 8.62. The average Bonchev–Trinajstić information content (AvgIpc) is 3.33. The number of hydrogen-bond acceptors (Lipinski definition) is 5. The molecule has 4 aliphatic carbocycles. The number of aliphatic hydroxyl groups excluding tert-OH is 1. The quantitative estimate of drug-likeness (QED) is 0.204. The van der Waals surface area contributed by atoms with Crippen LogP contribution in [-0.2, 0) is 9.47 Å². The highest BCUT2D eigenvalue weighted by molar-refractivity contribution is 14.1. The first kappa shape index (κ1) is 35.9. The van der Waals surface area contributed by atoms with E-state index in [2.05, 4.69) is 71.1 Å². The first-order valence-corrected chi connectivity index (χ1v) is 18.8. The monoisotopic (exact) mass is 756 g/mol. The maximum absolute atomic E-state index is 13.4. The Morgan fingerprint density at radius 2 is 1.67 bits per heavy atom. The number of benzene rings is 1. The number of esters is 1. The molecular formula is C38H58ClIO5. The van der Waals surface area contributed by atoms with Crippen molar-refractivity contribution in [3.8, 4) is 0 Å². The van der Waals surface area contributed by atoms with E-state index in [1.807, 2.05) is 19.1 Å². The number of methoxy groups -OCH3 is 1. The molecule has 0 aliphatic heterocycles. The topological polar surface area (TPSA) is 76.0 Å². The summed E-state index contributed by atoms with van der Waals surface area (Å²) in [4.78, 5) is 13.4. The van der Waals surface area contributed by atoms with Gasteiger partial charge in [0, 0.05) is 16.1 Å². The molecule has 0 bridgehead atoms. The molecule has 4 saturated carbocycles. The van der Waals surface area contributed by atoms with Crippen molar-refractivity contribution in [1.29, 1.82) is 0 Å². The Morgan fingerprint density at radius 1 is 1.00 bits per heavy atom. The van der Waals surface area contributed by atoms with Crippen LogP contribution in [0.15, 0.2) is 18.2 Å². The highest BCUT2D eigenvalue weighted by atomic mass is 127. The zero-order valence-electron chi connectivity index (χ0n) is 29.1. The second-order valence-electron chi connectivity index (χ2n) is 17.5. The summed E-state index contributed by atoms with van der Waals surface area (Å²) in [6, 6.07) is 5.47. The lowest BCUT2D eigenvalue weighted by Crippen LogP contribution is -2.66. The van der Waals surface area contributed by atoms with Crippen molar-refractivity contribution in [3.63, 3.8) is 0 Å². The van der Waals surface area contributed by atoms with Crippen LogP contribution in [-0.4, -0.2) is 46.7 Å². The Labute approximate surface area is 291 Å². The van der Waals surface area contributed by atoms with Gasteiger partial charge in [0.2, 0.25) is 0 Å². The van der Waals surface area contributed by atoms with Gasteiger partial charge in [0.15, 0.2) is 0 Å². The van der Waals surface area contributed by atoms with Gasteiger partial charge < -0.3 is 19.7 Å². The number of carbonyl (C=O) groups excluding carboxylic acids is 1. The van der Waals surface area contributed by atoms with Crippen LogP contribution in [0.4, 0.5) is 0 Å². The molecule has 0 spiro atoms. The Balaban J connectivity index is 1.36. The molecular weight excluding hydrogens is 699 g/mol. The van der Waals surface area contributed by atoms with E-state index in [1.54, 1.807) is 13.2 Å². The molecule has 1 aromatic carbocycles. The van der Waals surface area contributed by atoms with E-state index in [-0.39, 0.29) is 51.2 Å². The fraction of sp³-hybridized carbons (Fsp3) is 0.816. The predicted octanol–water partition coefficient (Wildman–Crippen LogP) is 9.47. The van der Waals surface area contributed by atoms with Crippen LogP contribution in [0.3, 0.4) is 0 Å². The lowest BCUT2D eigenvalue weighted by atomic mass is 9.35. The smallest absolute Gasteiger partial charge is 0.339 e. The first-order chi connectivity index (χ1) is 20.7. The molecule has 0 aromatic heterocycles. The SMILES string of the molecule is COC(C)(C)CCC[C@@](C)(O)[C@H]1CC[C@]2(C)[C@@H]1[C@H](O)C[C@@H]1[C@@]3(C)CC[C@H](OC(=O)c4cc(I)ccc4Cl)C(C)(C)[C@@H]3CC[C@]12C. The third-order valence-corrected chi connectivity index (χ3v) is 15.5. The first-order valence-electron chi connectivity index (χ1n) is 17.4. The summed E-state index contributed by atoms with van der Waals surface area (Å²) in [5, 5.41) is 24.5. The van der Waals surface area contributed by atoms with Gasteiger partial charge in [-0.05, 0) is 166 Å². The average molecular weight is 757 g/mol. The molecule has 10 atom stereocenters. The van der Waals surface area contributed by atoms with Crippen molar-refractivity contribution in [2.24, 2.45) is 45.3 Å². The molecule has 0 saturated heterocycles. The standard InChI is InChI=1S/C38H58ClIO5/c1-33(2,44-9)16-10-17-38(8,43)25-13-19-37(7)31(25)27(41)22-29-35(5)18-15-30(34(3,4)28(35)14-20-36(29,37)6)45-32(42)24-21-23(40)11-12-26(24)39/h11-12,21,25,27-31,41,43H,10,13-20,22H2,1-9H3/t25-,27+,28-,29+,30-,31-,35-,36+,37+,38+/m0/s1. The van der Waals surface area contributed by atoms with Crippen LogP contribution in [0.2, 0.25) is 5.02 Å². The van der Waals surface area contributed by atoms with Gasteiger partial charge in [-0.25, -0.2) is 4.79 Å². The Kier molecular flexibility index (Phi) is 9.71. The number of hydrogen-bond donors (Lipinski definition) is 2. The fourth-order valence-electron chi connectivity index (χ4n) is 11.6. The predicted molar refractivity (Wildman–Crippen MR) is 189 cm³/mol. The van der Waals surface area contributed by atoms with Gasteiger partial charge in [0.05, 0.1) is 27.9 Å².